The third kappa shape index (κ3) is 6.89. The van der Waals surface area contributed by atoms with Crippen LogP contribution in [0.5, 0.6) is 11.5 Å². The van der Waals surface area contributed by atoms with Gasteiger partial charge in [0.1, 0.15) is 11.5 Å². The average molecular weight is 425 g/mol. The van der Waals surface area contributed by atoms with Gasteiger partial charge in [0.2, 0.25) is 0 Å². The van der Waals surface area contributed by atoms with Crippen LogP contribution in [0.15, 0.2) is 47.5 Å². The first-order chi connectivity index (χ1) is 15.1. The summed E-state index contributed by atoms with van der Waals surface area (Å²) in [5, 5.41) is 6.89. The van der Waals surface area contributed by atoms with E-state index in [9.17, 15) is 0 Å². The molecule has 2 aromatic carbocycles. The summed E-state index contributed by atoms with van der Waals surface area (Å²) in [4.78, 5) is 6.93. The Morgan fingerprint density at radius 3 is 2.42 bits per heavy atom. The van der Waals surface area contributed by atoms with E-state index in [1.165, 1.54) is 24.0 Å². The predicted molar refractivity (Wildman–Crippen MR) is 127 cm³/mol. The predicted octanol–water partition coefficient (Wildman–Crippen LogP) is 3.59. The summed E-state index contributed by atoms with van der Waals surface area (Å²) in [6.07, 6.45) is 2.42. The average Bonchev–Trinajstić information content (AvgIpc) is 2.81. The molecule has 0 aliphatic carbocycles. The number of methoxy groups -OCH3 is 2. The fraction of sp³-hybridized carbons (Fsp3) is 0.480. The first-order valence-electron chi connectivity index (χ1n) is 11.0. The lowest BCUT2D eigenvalue weighted by Gasteiger charge is -2.32. The first-order valence-corrected chi connectivity index (χ1v) is 11.0. The first kappa shape index (κ1) is 22.9. The maximum absolute atomic E-state index is 5.48. The Morgan fingerprint density at radius 2 is 1.77 bits per heavy atom. The maximum Gasteiger partial charge on any atom is 0.191 e. The van der Waals surface area contributed by atoms with Crippen molar-refractivity contribution in [1.29, 1.82) is 0 Å². The van der Waals surface area contributed by atoms with E-state index < -0.39 is 0 Å². The van der Waals surface area contributed by atoms with Gasteiger partial charge in [-0.3, -0.25) is 9.89 Å². The van der Waals surface area contributed by atoms with Crippen molar-refractivity contribution in [1.82, 2.24) is 15.5 Å². The standard InChI is InChI=1S/C25H36N4O2/c1-19-5-7-21(8-6-19)18-29-13-11-20(12-14-29)16-27-25(26-2)28-17-22-9-10-23(30-3)15-24(22)31-4/h5-10,15,20H,11-14,16-18H2,1-4H3,(H2,26,27,28). The minimum Gasteiger partial charge on any atom is -0.497 e. The van der Waals surface area contributed by atoms with Gasteiger partial charge in [0.25, 0.3) is 0 Å². The number of rotatable bonds is 8. The van der Waals surface area contributed by atoms with Gasteiger partial charge in [-0.2, -0.15) is 0 Å². The molecule has 0 atom stereocenters. The van der Waals surface area contributed by atoms with E-state index in [0.717, 1.165) is 49.2 Å². The highest BCUT2D eigenvalue weighted by molar-refractivity contribution is 5.79. The van der Waals surface area contributed by atoms with Gasteiger partial charge < -0.3 is 20.1 Å². The van der Waals surface area contributed by atoms with E-state index in [0.29, 0.717) is 12.5 Å². The molecule has 1 fully saturated rings. The van der Waals surface area contributed by atoms with Gasteiger partial charge in [-0.15, -0.1) is 0 Å². The lowest BCUT2D eigenvalue weighted by molar-refractivity contribution is 0.178. The van der Waals surface area contributed by atoms with Crippen molar-refractivity contribution < 1.29 is 9.47 Å². The molecule has 1 aliphatic heterocycles. The number of hydrogen-bond donors (Lipinski definition) is 2. The van der Waals surface area contributed by atoms with E-state index in [1.807, 2.05) is 25.2 Å². The Kier molecular flexibility index (Phi) is 8.59. The molecule has 0 saturated carbocycles. The van der Waals surface area contributed by atoms with Crippen LogP contribution in [-0.2, 0) is 13.1 Å². The number of piperidine rings is 1. The van der Waals surface area contributed by atoms with Gasteiger partial charge in [-0.05, 0) is 56.5 Å². The van der Waals surface area contributed by atoms with E-state index >= 15 is 0 Å². The fourth-order valence-corrected chi connectivity index (χ4v) is 3.94. The molecule has 1 saturated heterocycles. The monoisotopic (exact) mass is 424 g/mol. The number of aryl methyl sites for hydroxylation is 1. The number of hydrogen-bond acceptors (Lipinski definition) is 4. The van der Waals surface area contributed by atoms with Crippen molar-refractivity contribution in [3.05, 3.63) is 59.2 Å². The van der Waals surface area contributed by atoms with Crippen LogP contribution in [0, 0.1) is 12.8 Å². The zero-order chi connectivity index (χ0) is 22.1. The van der Waals surface area contributed by atoms with Crippen molar-refractivity contribution in [3.8, 4) is 11.5 Å². The van der Waals surface area contributed by atoms with Gasteiger partial charge in [-0.25, -0.2) is 0 Å². The quantitative estimate of drug-likeness (QED) is 0.501. The molecule has 168 valence electrons. The molecule has 0 aromatic heterocycles. The second kappa shape index (κ2) is 11.6. The Labute approximate surface area is 186 Å². The second-order valence-corrected chi connectivity index (χ2v) is 8.19. The van der Waals surface area contributed by atoms with Crippen LogP contribution in [0.25, 0.3) is 0 Å². The summed E-state index contributed by atoms with van der Waals surface area (Å²) in [7, 11) is 5.15. The third-order valence-corrected chi connectivity index (χ3v) is 5.96. The maximum atomic E-state index is 5.48. The third-order valence-electron chi connectivity index (χ3n) is 5.96. The minimum absolute atomic E-state index is 0.641. The number of aliphatic imine (C=N–C) groups is 1. The highest BCUT2D eigenvalue weighted by Crippen LogP contribution is 2.24. The summed E-state index contributed by atoms with van der Waals surface area (Å²) in [6.45, 7) is 7.07. The summed E-state index contributed by atoms with van der Waals surface area (Å²) in [5.41, 5.74) is 3.79. The molecule has 1 heterocycles. The van der Waals surface area contributed by atoms with Crippen LogP contribution in [-0.4, -0.2) is 51.8 Å². The molecule has 1 aliphatic rings. The molecule has 0 bridgehead atoms. The summed E-state index contributed by atoms with van der Waals surface area (Å²) in [5.74, 6) is 3.09. The molecule has 3 rings (SSSR count). The van der Waals surface area contributed by atoms with Crippen LogP contribution < -0.4 is 20.1 Å². The van der Waals surface area contributed by atoms with Gasteiger partial charge in [-0.1, -0.05) is 29.8 Å². The SMILES string of the molecule is CN=C(NCc1ccc(OC)cc1OC)NCC1CCN(Cc2ccc(C)cc2)CC1. The van der Waals surface area contributed by atoms with Crippen LogP contribution in [0.3, 0.4) is 0 Å². The Hall–Kier alpha value is -2.73. The molecule has 6 nitrogen and oxygen atoms in total. The Balaban J connectivity index is 1.41. The lowest BCUT2D eigenvalue weighted by Crippen LogP contribution is -2.42. The van der Waals surface area contributed by atoms with Gasteiger partial charge in [0.05, 0.1) is 14.2 Å². The summed E-state index contributed by atoms with van der Waals surface area (Å²) < 4.78 is 10.8. The fourth-order valence-electron chi connectivity index (χ4n) is 3.94. The number of nitrogens with one attached hydrogen (secondary N) is 2. The highest BCUT2D eigenvalue weighted by Gasteiger charge is 2.19. The summed E-state index contributed by atoms with van der Waals surface area (Å²) >= 11 is 0. The van der Waals surface area contributed by atoms with Crippen LogP contribution in [0.4, 0.5) is 0 Å². The van der Waals surface area contributed by atoms with E-state index in [4.69, 9.17) is 9.47 Å². The van der Waals surface area contributed by atoms with Crippen molar-refractivity contribution >= 4 is 5.96 Å². The summed E-state index contributed by atoms with van der Waals surface area (Å²) in [6, 6.07) is 14.8. The number of ether oxygens (including phenoxy) is 2. The molecule has 6 heteroatoms. The number of nitrogens with zero attached hydrogens (tertiary/aromatic N) is 2. The van der Waals surface area contributed by atoms with Crippen molar-refractivity contribution in [2.24, 2.45) is 10.9 Å². The second-order valence-electron chi connectivity index (χ2n) is 8.19. The molecule has 0 spiro atoms. The van der Waals surface area contributed by atoms with Crippen molar-refractivity contribution in [2.45, 2.75) is 32.9 Å². The lowest BCUT2D eigenvalue weighted by atomic mass is 9.96. The van der Waals surface area contributed by atoms with E-state index in [2.05, 4.69) is 51.7 Å². The molecule has 0 radical (unpaired) electrons. The molecular formula is C25H36N4O2. The Morgan fingerprint density at radius 1 is 1.03 bits per heavy atom. The van der Waals surface area contributed by atoms with Crippen molar-refractivity contribution in [2.75, 3.05) is 40.9 Å². The van der Waals surface area contributed by atoms with Crippen molar-refractivity contribution in [3.63, 3.8) is 0 Å². The van der Waals surface area contributed by atoms with E-state index in [1.54, 1.807) is 14.2 Å². The topological polar surface area (TPSA) is 58.1 Å². The van der Waals surface area contributed by atoms with E-state index in [-0.39, 0.29) is 0 Å². The molecule has 31 heavy (non-hydrogen) atoms. The number of guanidine groups is 1. The van der Waals surface area contributed by atoms with Crippen LogP contribution in [0.2, 0.25) is 0 Å². The van der Waals surface area contributed by atoms with Gasteiger partial charge in [0.15, 0.2) is 5.96 Å². The zero-order valence-corrected chi connectivity index (χ0v) is 19.3. The number of likely N-dealkylation sites (tertiary alicyclic amines) is 1. The zero-order valence-electron chi connectivity index (χ0n) is 19.3. The largest absolute Gasteiger partial charge is 0.497 e. The highest BCUT2D eigenvalue weighted by atomic mass is 16.5. The smallest absolute Gasteiger partial charge is 0.191 e. The molecule has 2 aromatic rings. The number of benzene rings is 2. The van der Waals surface area contributed by atoms with Gasteiger partial charge in [0, 0.05) is 38.3 Å². The van der Waals surface area contributed by atoms with Gasteiger partial charge >= 0.3 is 0 Å². The molecule has 0 unspecified atom stereocenters. The minimum atomic E-state index is 0.641. The van der Waals surface area contributed by atoms with Crippen LogP contribution >= 0.6 is 0 Å². The molecule has 2 N–H and O–H groups in total. The normalized spacial score (nSPS) is 15.5. The van der Waals surface area contributed by atoms with Crippen LogP contribution in [0.1, 0.15) is 29.5 Å². The molecular weight excluding hydrogens is 388 g/mol. The molecule has 0 amide bonds. The Bertz CT molecular complexity index is 843.